The second-order valence-electron chi connectivity index (χ2n) is 10.1. The van der Waals surface area contributed by atoms with Gasteiger partial charge < -0.3 is 15.5 Å². The summed E-state index contributed by atoms with van der Waals surface area (Å²) in [5.41, 5.74) is 2.96. The number of nitrogens with zero attached hydrogens (tertiary/aromatic N) is 3. The summed E-state index contributed by atoms with van der Waals surface area (Å²) in [6, 6.07) is 16.2. The van der Waals surface area contributed by atoms with Crippen LogP contribution in [0.4, 0.5) is 24.5 Å². The lowest BCUT2D eigenvalue weighted by atomic mass is 10.0. The molecule has 1 saturated heterocycles. The van der Waals surface area contributed by atoms with E-state index in [-0.39, 0.29) is 10.7 Å². The van der Waals surface area contributed by atoms with Crippen LogP contribution >= 0.6 is 11.6 Å². The zero-order chi connectivity index (χ0) is 29.1. The maximum absolute atomic E-state index is 13.0. The predicted octanol–water partition coefficient (Wildman–Crippen LogP) is 5.62. The zero-order valence-corrected chi connectivity index (χ0v) is 22.9. The number of hydrogen-bond acceptors (Lipinski definition) is 5. The number of aromatic amines is 1. The molecule has 4 aromatic rings. The van der Waals surface area contributed by atoms with Crippen molar-refractivity contribution in [2.24, 2.45) is 0 Å². The molecule has 214 valence electrons. The fourth-order valence-corrected chi connectivity index (χ4v) is 4.97. The van der Waals surface area contributed by atoms with E-state index in [2.05, 4.69) is 49.8 Å². The number of fused-ring (bicyclic) bond motifs is 1. The van der Waals surface area contributed by atoms with Crippen LogP contribution in [0, 0.1) is 0 Å². The number of nitrogens with one attached hydrogen (secondary N) is 3. The second kappa shape index (κ2) is 11.9. The van der Waals surface area contributed by atoms with Crippen LogP contribution in [0.1, 0.15) is 17.5 Å². The molecule has 3 N–H and O–H groups in total. The molecule has 0 aliphatic carbocycles. The quantitative estimate of drug-likeness (QED) is 0.245. The van der Waals surface area contributed by atoms with E-state index in [9.17, 15) is 22.8 Å². The number of piperazine rings is 1. The molecule has 3 aromatic carbocycles. The topological polar surface area (TPSA) is 93.4 Å². The Morgan fingerprint density at radius 1 is 0.927 bits per heavy atom. The van der Waals surface area contributed by atoms with Crippen molar-refractivity contribution in [3.8, 4) is 11.3 Å². The Bertz CT molecular complexity index is 1560. The van der Waals surface area contributed by atoms with Crippen LogP contribution in [0.2, 0.25) is 5.02 Å². The van der Waals surface area contributed by atoms with E-state index in [1.807, 2.05) is 18.2 Å². The molecule has 1 aliphatic heterocycles. The number of anilines is 2. The number of H-pyrrole nitrogens is 1. The van der Waals surface area contributed by atoms with Gasteiger partial charge in [0.05, 0.1) is 16.8 Å². The van der Waals surface area contributed by atoms with E-state index in [0.29, 0.717) is 11.2 Å². The van der Waals surface area contributed by atoms with Crippen LogP contribution in [0.25, 0.3) is 22.2 Å². The van der Waals surface area contributed by atoms with E-state index in [1.54, 1.807) is 12.1 Å². The summed E-state index contributed by atoms with van der Waals surface area (Å²) < 4.78 is 39.0. The van der Waals surface area contributed by atoms with Gasteiger partial charge in [-0.05, 0) is 49.0 Å². The molecule has 41 heavy (non-hydrogen) atoms. The largest absolute Gasteiger partial charge is 0.416 e. The van der Waals surface area contributed by atoms with Crippen LogP contribution in [-0.2, 0) is 22.3 Å². The number of likely N-dealkylation sites (N-methyl/N-ethyl adjacent to an activating group) is 1. The van der Waals surface area contributed by atoms with Gasteiger partial charge >= 0.3 is 6.18 Å². The molecule has 12 heteroatoms. The first kappa shape index (κ1) is 28.6. The molecular formula is C29H28ClF3N6O2. The highest BCUT2D eigenvalue weighted by Crippen LogP contribution is 2.33. The highest BCUT2D eigenvalue weighted by Gasteiger charge is 2.31. The summed E-state index contributed by atoms with van der Waals surface area (Å²) in [6.45, 7) is 5.15. The number of alkyl halides is 3. The van der Waals surface area contributed by atoms with Gasteiger partial charge in [0.15, 0.2) is 0 Å². The van der Waals surface area contributed by atoms with Gasteiger partial charge in [-0.3, -0.25) is 19.6 Å². The molecule has 0 unspecified atom stereocenters. The summed E-state index contributed by atoms with van der Waals surface area (Å²) in [7, 11) is 2.14. The number of hydrogen-bond donors (Lipinski definition) is 3. The summed E-state index contributed by atoms with van der Waals surface area (Å²) in [4.78, 5) is 29.5. The van der Waals surface area contributed by atoms with Crippen LogP contribution in [0.3, 0.4) is 0 Å². The third kappa shape index (κ3) is 7.24. The summed E-state index contributed by atoms with van der Waals surface area (Å²) in [6.07, 6.45) is -5.22. The van der Waals surface area contributed by atoms with E-state index >= 15 is 0 Å². The van der Waals surface area contributed by atoms with Gasteiger partial charge in [0.1, 0.15) is 6.42 Å². The molecule has 0 radical (unpaired) electrons. The lowest BCUT2D eigenvalue weighted by Crippen LogP contribution is -2.43. The molecule has 1 fully saturated rings. The highest BCUT2D eigenvalue weighted by atomic mass is 35.5. The van der Waals surface area contributed by atoms with Crippen LogP contribution in [-0.4, -0.2) is 65.0 Å². The fourth-order valence-electron chi connectivity index (χ4n) is 4.73. The first-order valence-corrected chi connectivity index (χ1v) is 13.4. The first-order chi connectivity index (χ1) is 19.5. The van der Waals surface area contributed by atoms with Crippen molar-refractivity contribution >= 4 is 45.7 Å². The van der Waals surface area contributed by atoms with Crippen molar-refractivity contribution in [1.82, 2.24) is 20.0 Å². The second-order valence-corrected chi connectivity index (χ2v) is 10.5. The summed E-state index contributed by atoms with van der Waals surface area (Å²) >= 11 is 5.75. The molecule has 0 spiro atoms. The Morgan fingerprint density at radius 2 is 1.61 bits per heavy atom. The van der Waals surface area contributed by atoms with Gasteiger partial charge in [0, 0.05) is 60.1 Å². The predicted molar refractivity (Wildman–Crippen MR) is 153 cm³/mol. The Hall–Kier alpha value is -3.93. The van der Waals surface area contributed by atoms with Crippen LogP contribution < -0.4 is 10.6 Å². The van der Waals surface area contributed by atoms with Crippen molar-refractivity contribution in [2.75, 3.05) is 43.9 Å². The normalized spacial score (nSPS) is 14.8. The van der Waals surface area contributed by atoms with E-state index in [0.717, 1.165) is 61.5 Å². The molecule has 2 amide bonds. The molecule has 1 aromatic heterocycles. The monoisotopic (exact) mass is 584 g/mol. The minimum Gasteiger partial charge on any atom is -0.326 e. The smallest absolute Gasteiger partial charge is 0.326 e. The van der Waals surface area contributed by atoms with Crippen LogP contribution in [0.15, 0.2) is 60.7 Å². The van der Waals surface area contributed by atoms with Crippen molar-refractivity contribution in [3.63, 3.8) is 0 Å². The summed E-state index contributed by atoms with van der Waals surface area (Å²) in [5, 5.41) is 13.0. The average molecular weight is 585 g/mol. The van der Waals surface area contributed by atoms with E-state index in [1.165, 1.54) is 11.6 Å². The number of rotatable bonds is 7. The lowest BCUT2D eigenvalue weighted by Gasteiger charge is -2.32. The Balaban J connectivity index is 1.19. The Labute approximate surface area is 239 Å². The Kier molecular flexibility index (Phi) is 8.30. The van der Waals surface area contributed by atoms with E-state index in [4.69, 9.17) is 11.6 Å². The third-order valence-electron chi connectivity index (χ3n) is 6.91. The van der Waals surface area contributed by atoms with Gasteiger partial charge in [-0.1, -0.05) is 35.9 Å². The van der Waals surface area contributed by atoms with Gasteiger partial charge in [0.25, 0.3) is 0 Å². The van der Waals surface area contributed by atoms with Crippen LogP contribution in [0.5, 0.6) is 0 Å². The molecule has 1 aliphatic rings. The maximum atomic E-state index is 13.0. The summed E-state index contributed by atoms with van der Waals surface area (Å²) in [5.74, 6) is -1.41. The molecule has 5 rings (SSSR count). The Morgan fingerprint density at radius 3 is 2.29 bits per heavy atom. The van der Waals surface area contributed by atoms with Gasteiger partial charge in [-0.25, -0.2) is 0 Å². The van der Waals surface area contributed by atoms with Gasteiger partial charge in [0.2, 0.25) is 11.8 Å². The van der Waals surface area contributed by atoms with Gasteiger partial charge in [-0.15, -0.1) is 0 Å². The number of carbonyl (C=O) groups is 2. The SMILES string of the molecule is CN1CCN(Cc2ccc(-c3n[nH]c4cc(NC(=O)CC(=O)Nc5cc(Cl)cc(C(F)(F)F)c5)ccc34)cc2)CC1. The van der Waals surface area contributed by atoms with Crippen molar-refractivity contribution in [1.29, 1.82) is 0 Å². The number of aromatic nitrogens is 2. The number of halogens is 4. The van der Waals surface area contributed by atoms with Crippen molar-refractivity contribution < 1.29 is 22.8 Å². The number of amides is 2. The maximum Gasteiger partial charge on any atom is 0.416 e. The highest BCUT2D eigenvalue weighted by molar-refractivity contribution is 6.31. The minimum atomic E-state index is -4.62. The molecule has 0 saturated carbocycles. The van der Waals surface area contributed by atoms with Crippen molar-refractivity contribution in [2.45, 2.75) is 19.1 Å². The number of benzene rings is 3. The van der Waals surface area contributed by atoms with Gasteiger partial charge in [-0.2, -0.15) is 18.3 Å². The molecule has 8 nitrogen and oxygen atoms in total. The minimum absolute atomic E-state index is 0.151. The molecule has 0 bridgehead atoms. The zero-order valence-electron chi connectivity index (χ0n) is 22.2. The molecule has 2 heterocycles. The first-order valence-electron chi connectivity index (χ1n) is 13.0. The number of carbonyl (C=O) groups excluding carboxylic acids is 2. The fraction of sp³-hybridized carbons (Fsp3) is 0.276. The van der Waals surface area contributed by atoms with E-state index < -0.39 is 30.0 Å². The standard InChI is InChI=1S/C29H28ClF3N6O2/c1-38-8-10-39(11-9-38)17-18-2-4-19(5-3-18)28-24-7-6-22(15-25(24)36-37-28)34-26(40)16-27(41)35-23-13-20(29(31,32)33)12-21(30)14-23/h2-7,12-15H,8-11,16-17H2,1H3,(H,34,40)(H,35,41)(H,36,37). The van der Waals surface area contributed by atoms with Crippen molar-refractivity contribution in [3.05, 3.63) is 76.8 Å². The molecule has 0 atom stereocenters. The molecular weight excluding hydrogens is 557 g/mol. The average Bonchev–Trinajstić information content (AvgIpc) is 3.33. The third-order valence-corrected chi connectivity index (χ3v) is 7.12. The lowest BCUT2D eigenvalue weighted by molar-refractivity contribution is -0.137.